The summed E-state index contributed by atoms with van der Waals surface area (Å²) >= 11 is 0. The lowest BCUT2D eigenvalue weighted by molar-refractivity contribution is 0.280. The minimum absolute atomic E-state index is 0.172. The predicted octanol–water partition coefficient (Wildman–Crippen LogP) is 0.246. The highest BCUT2D eigenvalue weighted by atomic mass is 32.2. The van der Waals surface area contributed by atoms with Crippen LogP contribution >= 0.6 is 0 Å². The second-order valence-electron chi connectivity index (χ2n) is 3.70. The molecule has 2 fully saturated rings. The fourth-order valence-corrected chi connectivity index (χ4v) is 3.32. The quantitative estimate of drug-likeness (QED) is 0.526. The summed E-state index contributed by atoms with van der Waals surface area (Å²) in [7, 11) is -2.87. The average Bonchev–Trinajstić information content (AvgIpc) is 2.78. The maximum atomic E-state index is 11.2. The van der Waals surface area contributed by atoms with Gasteiger partial charge in [-0.15, -0.1) is 0 Å². The van der Waals surface area contributed by atoms with Crippen LogP contribution in [0.4, 0.5) is 0 Å². The van der Waals surface area contributed by atoms with Gasteiger partial charge in [0.15, 0.2) is 6.10 Å². The minimum Gasteiger partial charge on any atom is -0.350 e. The van der Waals surface area contributed by atoms with Crippen molar-refractivity contribution in [3.8, 4) is 6.07 Å². The van der Waals surface area contributed by atoms with Gasteiger partial charge < -0.3 is 4.74 Å². The summed E-state index contributed by atoms with van der Waals surface area (Å²) in [6, 6.07) is 2.04. The van der Waals surface area contributed by atoms with E-state index < -0.39 is 15.4 Å². The molecule has 2 rings (SSSR count). The summed E-state index contributed by atoms with van der Waals surface area (Å²) in [5.74, 6) is 0.418. The molecule has 1 spiro atoms. The van der Waals surface area contributed by atoms with Gasteiger partial charge in [-0.1, -0.05) is 0 Å². The molecule has 2 aliphatic heterocycles. The van der Waals surface area contributed by atoms with Gasteiger partial charge in [-0.3, -0.25) is 0 Å². The minimum atomic E-state index is -2.87. The van der Waals surface area contributed by atoms with E-state index in [0.29, 0.717) is 19.3 Å². The van der Waals surface area contributed by atoms with Crippen LogP contribution in [0.1, 0.15) is 19.3 Å². The van der Waals surface area contributed by atoms with Gasteiger partial charge in [0.05, 0.1) is 17.6 Å². The van der Waals surface area contributed by atoms with Crippen LogP contribution in [0.2, 0.25) is 0 Å². The molecule has 0 saturated carbocycles. The highest BCUT2D eigenvalue weighted by molar-refractivity contribution is 7.91. The Morgan fingerprint density at radius 1 is 1.38 bits per heavy atom. The molecular weight excluding hydrogens is 190 g/mol. The van der Waals surface area contributed by atoms with Crippen molar-refractivity contribution in [2.45, 2.75) is 31.0 Å². The molecule has 2 saturated heterocycles. The molecule has 0 bridgehead atoms. The Labute approximate surface area is 77.4 Å². The maximum absolute atomic E-state index is 11.2. The van der Waals surface area contributed by atoms with Gasteiger partial charge in [0.1, 0.15) is 15.4 Å². The summed E-state index contributed by atoms with van der Waals surface area (Å²) in [5, 5.41) is 8.62. The fourth-order valence-electron chi connectivity index (χ4n) is 1.87. The molecule has 72 valence electrons. The van der Waals surface area contributed by atoms with Crippen LogP contribution in [0.5, 0.6) is 0 Å². The lowest BCUT2D eigenvalue weighted by Gasteiger charge is -2.03. The van der Waals surface area contributed by atoms with E-state index in [4.69, 9.17) is 10.00 Å². The Balaban J connectivity index is 2.10. The van der Waals surface area contributed by atoms with Crippen molar-refractivity contribution >= 4 is 9.84 Å². The van der Waals surface area contributed by atoms with Crippen molar-refractivity contribution in [2.24, 2.45) is 0 Å². The standard InChI is InChI=1S/C8H11NO3S/c9-6-7-8(12-7)2-1-4-13(10,11)5-3-8/h7H,1-5H2. The molecule has 2 heterocycles. The maximum Gasteiger partial charge on any atom is 0.173 e. The lowest BCUT2D eigenvalue weighted by atomic mass is 9.97. The van der Waals surface area contributed by atoms with Crippen LogP contribution in [0, 0.1) is 11.3 Å². The average molecular weight is 201 g/mol. The van der Waals surface area contributed by atoms with Gasteiger partial charge in [0, 0.05) is 0 Å². The number of hydrogen-bond acceptors (Lipinski definition) is 4. The van der Waals surface area contributed by atoms with Crippen LogP contribution in [0.3, 0.4) is 0 Å². The molecule has 4 nitrogen and oxygen atoms in total. The molecule has 0 aromatic heterocycles. The Kier molecular flexibility index (Phi) is 1.86. The monoisotopic (exact) mass is 201 g/mol. The summed E-state index contributed by atoms with van der Waals surface area (Å²) in [6.07, 6.45) is 1.47. The van der Waals surface area contributed by atoms with Gasteiger partial charge in [0.25, 0.3) is 0 Å². The number of ether oxygens (including phenoxy) is 1. The first-order chi connectivity index (χ1) is 6.08. The van der Waals surface area contributed by atoms with E-state index in [9.17, 15) is 8.42 Å². The molecule has 5 heteroatoms. The fraction of sp³-hybridized carbons (Fsp3) is 0.875. The number of sulfone groups is 1. The molecule has 0 N–H and O–H groups in total. The Bertz CT molecular complexity index is 356. The molecule has 0 aromatic rings. The molecule has 2 aliphatic rings. The summed E-state index contributed by atoms with van der Waals surface area (Å²) in [4.78, 5) is 0. The molecular formula is C8H11NO3S. The van der Waals surface area contributed by atoms with E-state index in [2.05, 4.69) is 0 Å². The van der Waals surface area contributed by atoms with E-state index in [1.54, 1.807) is 0 Å². The van der Waals surface area contributed by atoms with Crippen LogP contribution in [-0.4, -0.2) is 31.6 Å². The number of hydrogen-bond donors (Lipinski definition) is 0. The normalized spacial score (nSPS) is 42.2. The first-order valence-corrected chi connectivity index (χ1v) is 6.18. The van der Waals surface area contributed by atoms with Gasteiger partial charge >= 0.3 is 0 Å². The second-order valence-corrected chi connectivity index (χ2v) is 6.00. The van der Waals surface area contributed by atoms with Crippen LogP contribution in [0.25, 0.3) is 0 Å². The summed E-state index contributed by atoms with van der Waals surface area (Å²) in [5.41, 5.74) is -0.404. The third-order valence-electron chi connectivity index (χ3n) is 2.78. The zero-order chi connectivity index (χ0) is 9.53. The third kappa shape index (κ3) is 1.56. The SMILES string of the molecule is N#CC1OC12CCCS(=O)(=O)CC2. The third-order valence-corrected chi connectivity index (χ3v) is 4.52. The zero-order valence-electron chi connectivity index (χ0n) is 7.19. The predicted molar refractivity (Wildman–Crippen MR) is 45.7 cm³/mol. The molecule has 13 heavy (non-hydrogen) atoms. The first-order valence-electron chi connectivity index (χ1n) is 4.36. The highest BCUT2D eigenvalue weighted by Crippen LogP contribution is 2.45. The Morgan fingerprint density at radius 3 is 2.77 bits per heavy atom. The molecule has 0 radical (unpaired) electrons. The van der Waals surface area contributed by atoms with Crippen molar-refractivity contribution in [3.63, 3.8) is 0 Å². The van der Waals surface area contributed by atoms with Crippen molar-refractivity contribution in [2.75, 3.05) is 11.5 Å². The topological polar surface area (TPSA) is 70.5 Å². The highest BCUT2D eigenvalue weighted by Gasteiger charge is 2.57. The van der Waals surface area contributed by atoms with E-state index in [0.717, 1.165) is 0 Å². The van der Waals surface area contributed by atoms with Crippen LogP contribution in [0.15, 0.2) is 0 Å². The van der Waals surface area contributed by atoms with Gasteiger partial charge in [-0.25, -0.2) is 8.42 Å². The van der Waals surface area contributed by atoms with Crippen molar-refractivity contribution in [1.82, 2.24) is 0 Å². The van der Waals surface area contributed by atoms with Crippen molar-refractivity contribution < 1.29 is 13.2 Å². The molecule has 2 atom stereocenters. The number of epoxide rings is 1. The largest absolute Gasteiger partial charge is 0.350 e. The van der Waals surface area contributed by atoms with Crippen molar-refractivity contribution in [3.05, 3.63) is 0 Å². The van der Waals surface area contributed by atoms with Crippen LogP contribution in [-0.2, 0) is 14.6 Å². The molecule has 0 amide bonds. The lowest BCUT2D eigenvalue weighted by Crippen LogP contribution is -2.16. The molecule has 2 unspecified atom stereocenters. The van der Waals surface area contributed by atoms with Gasteiger partial charge in [-0.05, 0) is 19.3 Å². The van der Waals surface area contributed by atoms with E-state index in [1.807, 2.05) is 6.07 Å². The second kappa shape index (κ2) is 2.69. The molecule has 0 aliphatic carbocycles. The van der Waals surface area contributed by atoms with E-state index in [-0.39, 0.29) is 17.6 Å². The van der Waals surface area contributed by atoms with E-state index >= 15 is 0 Å². The smallest absolute Gasteiger partial charge is 0.173 e. The number of nitrogens with zero attached hydrogens (tertiary/aromatic N) is 1. The Hall–Kier alpha value is -0.600. The van der Waals surface area contributed by atoms with E-state index in [1.165, 1.54) is 0 Å². The number of nitriles is 1. The number of rotatable bonds is 0. The first kappa shape index (κ1) is 8.97. The molecule has 0 aromatic carbocycles. The Morgan fingerprint density at radius 2 is 2.15 bits per heavy atom. The van der Waals surface area contributed by atoms with Crippen LogP contribution < -0.4 is 0 Å². The zero-order valence-corrected chi connectivity index (χ0v) is 8.01. The van der Waals surface area contributed by atoms with Crippen molar-refractivity contribution in [1.29, 1.82) is 5.26 Å². The summed E-state index contributed by atoms with van der Waals surface area (Å²) in [6.45, 7) is 0. The summed E-state index contributed by atoms with van der Waals surface area (Å²) < 4.78 is 27.7. The van der Waals surface area contributed by atoms with Gasteiger partial charge in [0.2, 0.25) is 0 Å². The van der Waals surface area contributed by atoms with Gasteiger partial charge in [-0.2, -0.15) is 5.26 Å².